The van der Waals surface area contributed by atoms with Crippen LogP contribution in [0.5, 0.6) is 0 Å². The first-order valence-corrected chi connectivity index (χ1v) is 7.35. The van der Waals surface area contributed by atoms with Gasteiger partial charge >= 0.3 is 11.9 Å². The maximum absolute atomic E-state index is 14.3. The molecule has 1 saturated heterocycles. The van der Waals surface area contributed by atoms with Crippen molar-refractivity contribution in [2.24, 2.45) is 5.92 Å². The van der Waals surface area contributed by atoms with Gasteiger partial charge in [0.25, 0.3) is 0 Å². The van der Waals surface area contributed by atoms with Crippen LogP contribution in [0.25, 0.3) is 10.9 Å². The number of ether oxygens (including phenoxy) is 1. The van der Waals surface area contributed by atoms with Crippen LogP contribution in [-0.2, 0) is 9.53 Å². The zero-order chi connectivity index (χ0) is 17.4. The van der Waals surface area contributed by atoms with Crippen LogP contribution in [-0.4, -0.2) is 41.7 Å². The molecule has 2 heterocycles. The number of carboxylic acid groups (broad SMARTS) is 1. The topological polar surface area (TPSA) is 79.7 Å². The smallest absolute Gasteiger partial charge is 0.341 e. The summed E-state index contributed by atoms with van der Waals surface area (Å²) in [5.74, 6) is -3.78. The third-order valence-corrected chi connectivity index (χ3v) is 3.93. The highest BCUT2D eigenvalue weighted by molar-refractivity contribution is 6.06. The third-order valence-electron chi connectivity index (χ3n) is 3.93. The number of hydrogen-bond acceptors (Lipinski definition) is 5. The predicted octanol–water partition coefficient (Wildman–Crippen LogP) is 2.21. The molecule has 0 radical (unpaired) electrons. The Bertz CT molecular complexity index is 834. The fraction of sp³-hybridized carbons (Fsp3) is 0.312. The number of anilines is 1. The Morgan fingerprint density at radius 1 is 1.33 bits per heavy atom. The van der Waals surface area contributed by atoms with Gasteiger partial charge in [0.1, 0.15) is 22.7 Å². The number of nitrogens with zero attached hydrogens (tertiary/aromatic N) is 2. The van der Waals surface area contributed by atoms with E-state index in [0.29, 0.717) is 0 Å². The Hall–Kier alpha value is -2.77. The zero-order valence-electron chi connectivity index (χ0n) is 12.8. The Morgan fingerprint density at radius 2 is 2.00 bits per heavy atom. The summed E-state index contributed by atoms with van der Waals surface area (Å²) in [7, 11) is 0. The Morgan fingerprint density at radius 3 is 2.62 bits per heavy atom. The van der Waals surface area contributed by atoms with Crippen LogP contribution in [0.3, 0.4) is 0 Å². The molecule has 2 aromatic rings. The summed E-state index contributed by atoms with van der Waals surface area (Å²) < 4.78 is 33.2. The average Bonchev–Trinajstić information content (AvgIpc) is 2.49. The minimum atomic E-state index is -0.978. The molecule has 1 aromatic heterocycles. The normalized spacial score (nSPS) is 14.5. The van der Waals surface area contributed by atoms with Gasteiger partial charge in [-0.05, 0) is 19.1 Å². The molecule has 0 bridgehead atoms. The number of fused-ring (bicyclic) bond motifs is 1. The van der Waals surface area contributed by atoms with Crippen molar-refractivity contribution in [2.45, 2.75) is 6.92 Å². The van der Waals surface area contributed by atoms with Crippen molar-refractivity contribution < 1.29 is 28.2 Å². The number of carbonyl (C=O) groups excluding carboxylic acids is 1. The van der Waals surface area contributed by atoms with Crippen molar-refractivity contribution in [1.82, 2.24) is 4.98 Å². The number of halogens is 2. The molecule has 0 aliphatic carbocycles. The van der Waals surface area contributed by atoms with Crippen molar-refractivity contribution in [1.29, 1.82) is 0 Å². The molecule has 3 rings (SSSR count). The molecular weight excluding hydrogens is 322 g/mol. The largest absolute Gasteiger partial charge is 0.481 e. The molecule has 0 unspecified atom stereocenters. The monoisotopic (exact) mass is 336 g/mol. The summed E-state index contributed by atoms with van der Waals surface area (Å²) in [5, 5.41) is 8.86. The highest BCUT2D eigenvalue weighted by Crippen LogP contribution is 2.37. The first kappa shape index (κ1) is 16.1. The van der Waals surface area contributed by atoms with Crippen LogP contribution in [0.4, 0.5) is 14.5 Å². The van der Waals surface area contributed by atoms with E-state index >= 15 is 0 Å². The van der Waals surface area contributed by atoms with Crippen molar-refractivity contribution in [3.05, 3.63) is 35.5 Å². The van der Waals surface area contributed by atoms with E-state index in [1.54, 1.807) is 6.92 Å². The van der Waals surface area contributed by atoms with E-state index in [4.69, 9.17) is 9.84 Å². The van der Waals surface area contributed by atoms with Gasteiger partial charge in [-0.2, -0.15) is 0 Å². The van der Waals surface area contributed by atoms with Gasteiger partial charge in [-0.25, -0.2) is 13.6 Å². The Labute approximate surface area is 135 Å². The van der Waals surface area contributed by atoms with Crippen molar-refractivity contribution in [2.75, 3.05) is 24.6 Å². The van der Waals surface area contributed by atoms with Crippen LogP contribution < -0.4 is 4.90 Å². The van der Waals surface area contributed by atoms with Crippen molar-refractivity contribution in [3.8, 4) is 0 Å². The third kappa shape index (κ3) is 2.53. The summed E-state index contributed by atoms with van der Waals surface area (Å²) in [6.07, 6.45) is 1.13. The molecule has 8 heteroatoms. The molecule has 1 aromatic carbocycles. The number of pyridine rings is 1. The maximum atomic E-state index is 14.3. The predicted molar refractivity (Wildman–Crippen MR) is 81.0 cm³/mol. The molecule has 24 heavy (non-hydrogen) atoms. The average molecular weight is 336 g/mol. The lowest BCUT2D eigenvalue weighted by atomic mass is 9.96. The first-order chi connectivity index (χ1) is 11.4. The second-order valence-electron chi connectivity index (χ2n) is 5.43. The van der Waals surface area contributed by atoms with E-state index in [0.717, 1.165) is 18.3 Å². The summed E-state index contributed by atoms with van der Waals surface area (Å²) in [6.45, 7) is 1.92. The van der Waals surface area contributed by atoms with Crippen LogP contribution in [0.1, 0.15) is 17.3 Å². The summed E-state index contributed by atoms with van der Waals surface area (Å²) in [5.41, 5.74) is -0.109. The lowest BCUT2D eigenvalue weighted by Crippen LogP contribution is -2.51. The van der Waals surface area contributed by atoms with E-state index in [9.17, 15) is 18.4 Å². The van der Waals surface area contributed by atoms with Gasteiger partial charge < -0.3 is 14.7 Å². The number of benzene rings is 1. The molecule has 1 fully saturated rings. The van der Waals surface area contributed by atoms with Gasteiger partial charge in [0, 0.05) is 19.3 Å². The van der Waals surface area contributed by atoms with E-state index < -0.39 is 29.5 Å². The Kier molecular flexibility index (Phi) is 4.04. The lowest BCUT2D eigenvalue weighted by molar-refractivity contribution is -0.142. The maximum Gasteiger partial charge on any atom is 0.341 e. The summed E-state index contributed by atoms with van der Waals surface area (Å²) >= 11 is 0. The summed E-state index contributed by atoms with van der Waals surface area (Å²) in [4.78, 5) is 28.5. The van der Waals surface area contributed by atoms with E-state index in [2.05, 4.69) is 4.98 Å². The molecule has 1 aliphatic rings. The highest BCUT2D eigenvalue weighted by Gasteiger charge is 2.36. The van der Waals surface area contributed by atoms with Gasteiger partial charge in [-0.15, -0.1) is 0 Å². The van der Waals surface area contributed by atoms with Crippen LogP contribution in [0, 0.1) is 17.6 Å². The number of carbonyl (C=O) groups is 2. The number of esters is 1. The molecule has 0 saturated carbocycles. The molecular formula is C16H14F2N2O4. The molecule has 0 amide bonds. The fourth-order valence-corrected chi connectivity index (χ4v) is 2.72. The number of rotatable bonds is 4. The lowest BCUT2D eigenvalue weighted by Gasteiger charge is -2.39. The van der Waals surface area contributed by atoms with Crippen LogP contribution in [0.2, 0.25) is 0 Å². The van der Waals surface area contributed by atoms with Gasteiger partial charge in [-0.1, -0.05) is 0 Å². The standard InChI is InChI=1S/C16H14F2N2O4/c1-2-24-16(23)9-5-19-13-11(18)4-3-10(17)12(13)14(9)20-6-8(7-20)15(21)22/h3-5,8H,2,6-7H2,1H3,(H,21,22). The SMILES string of the molecule is CCOC(=O)c1cnc2c(F)ccc(F)c2c1N1CC(C(=O)O)C1. The van der Waals surface area contributed by atoms with Gasteiger partial charge in [0.15, 0.2) is 0 Å². The second kappa shape index (κ2) is 6.03. The molecule has 126 valence electrons. The number of hydrogen-bond donors (Lipinski definition) is 1. The highest BCUT2D eigenvalue weighted by atomic mass is 19.1. The zero-order valence-corrected chi connectivity index (χ0v) is 12.8. The molecule has 0 spiro atoms. The van der Waals surface area contributed by atoms with Crippen molar-refractivity contribution >= 4 is 28.5 Å². The molecule has 0 atom stereocenters. The minimum Gasteiger partial charge on any atom is -0.481 e. The van der Waals surface area contributed by atoms with Gasteiger partial charge in [0.05, 0.1) is 23.6 Å². The first-order valence-electron chi connectivity index (χ1n) is 7.35. The van der Waals surface area contributed by atoms with Gasteiger partial charge in [-0.3, -0.25) is 9.78 Å². The van der Waals surface area contributed by atoms with E-state index in [1.165, 1.54) is 4.90 Å². The number of aromatic nitrogens is 1. The van der Waals surface area contributed by atoms with E-state index in [1.807, 2.05) is 0 Å². The van der Waals surface area contributed by atoms with Crippen LogP contribution >= 0.6 is 0 Å². The molecule has 1 aliphatic heterocycles. The second-order valence-corrected chi connectivity index (χ2v) is 5.43. The van der Waals surface area contributed by atoms with Gasteiger partial charge in [0.2, 0.25) is 0 Å². The molecule has 6 nitrogen and oxygen atoms in total. The minimum absolute atomic E-state index is 0.0160. The summed E-state index contributed by atoms with van der Waals surface area (Å²) in [6, 6.07) is 1.90. The van der Waals surface area contributed by atoms with Crippen molar-refractivity contribution in [3.63, 3.8) is 0 Å². The molecule has 1 N–H and O–H groups in total. The van der Waals surface area contributed by atoms with E-state index in [-0.39, 0.29) is 41.9 Å². The number of carboxylic acids is 1. The Balaban J connectivity index is 2.18. The van der Waals surface area contributed by atoms with Crippen LogP contribution in [0.15, 0.2) is 18.3 Å². The number of aliphatic carboxylic acids is 1. The quantitative estimate of drug-likeness (QED) is 0.863. The fourth-order valence-electron chi connectivity index (χ4n) is 2.72.